The Morgan fingerprint density at radius 2 is 2.11 bits per heavy atom. The summed E-state index contributed by atoms with van der Waals surface area (Å²) in [6.07, 6.45) is 7.24. The fourth-order valence-electron chi connectivity index (χ4n) is 3.58. The molecule has 2 amide bonds. The molecule has 0 spiro atoms. The van der Waals surface area contributed by atoms with Crippen molar-refractivity contribution in [3.8, 4) is 0 Å². The zero-order chi connectivity index (χ0) is 18.9. The van der Waals surface area contributed by atoms with E-state index in [4.69, 9.17) is 4.74 Å². The van der Waals surface area contributed by atoms with Crippen LogP contribution in [0.1, 0.15) is 55.3 Å². The second-order valence-electron chi connectivity index (χ2n) is 7.24. The number of nitrogens with zero attached hydrogens (tertiary/aromatic N) is 1. The van der Waals surface area contributed by atoms with Crippen molar-refractivity contribution < 1.29 is 14.3 Å². The van der Waals surface area contributed by atoms with Crippen LogP contribution in [0.15, 0.2) is 29.2 Å². The van der Waals surface area contributed by atoms with Crippen molar-refractivity contribution in [2.24, 2.45) is 0 Å². The van der Waals surface area contributed by atoms with Crippen LogP contribution in [0.25, 0.3) is 0 Å². The summed E-state index contributed by atoms with van der Waals surface area (Å²) in [4.78, 5) is 27.6. The summed E-state index contributed by atoms with van der Waals surface area (Å²) in [5.74, 6) is 1.11. The molecule has 2 aliphatic rings. The van der Waals surface area contributed by atoms with Gasteiger partial charge in [0.2, 0.25) is 5.91 Å². The lowest BCUT2D eigenvalue weighted by Gasteiger charge is -2.20. The average Bonchev–Trinajstić information content (AvgIpc) is 3.13. The molecule has 1 N–H and O–H groups in total. The first-order chi connectivity index (χ1) is 13.2. The molecule has 2 heterocycles. The van der Waals surface area contributed by atoms with Gasteiger partial charge >= 0.3 is 0 Å². The molecule has 1 unspecified atom stereocenters. The Morgan fingerprint density at radius 3 is 2.96 bits per heavy atom. The van der Waals surface area contributed by atoms with E-state index >= 15 is 0 Å². The summed E-state index contributed by atoms with van der Waals surface area (Å²) >= 11 is 1.70. The molecule has 0 bridgehead atoms. The summed E-state index contributed by atoms with van der Waals surface area (Å²) in [6, 6.07) is 7.76. The van der Waals surface area contributed by atoms with E-state index in [9.17, 15) is 9.59 Å². The molecule has 0 radical (unpaired) electrons. The summed E-state index contributed by atoms with van der Waals surface area (Å²) in [5.41, 5.74) is 0.728. The van der Waals surface area contributed by atoms with E-state index in [0.717, 1.165) is 74.4 Å². The Kier molecular flexibility index (Phi) is 8.02. The SMILES string of the molecule is O=C(NCCCN1CCCCCC1=O)c1ccccc1SCC1CCCO1. The maximum absolute atomic E-state index is 12.6. The Labute approximate surface area is 166 Å². The number of hydrogen-bond donors (Lipinski definition) is 1. The molecular formula is C21H30N2O3S. The topological polar surface area (TPSA) is 58.6 Å². The molecule has 2 saturated heterocycles. The molecule has 0 aromatic heterocycles. The molecule has 1 aromatic carbocycles. The van der Waals surface area contributed by atoms with Crippen molar-refractivity contribution >= 4 is 23.6 Å². The van der Waals surface area contributed by atoms with Crippen LogP contribution >= 0.6 is 11.8 Å². The number of benzene rings is 1. The lowest BCUT2D eigenvalue weighted by atomic mass is 10.2. The molecule has 2 aliphatic heterocycles. The predicted octanol–water partition coefficient (Wildman–Crippen LogP) is 3.48. The van der Waals surface area contributed by atoms with Gasteiger partial charge in [0, 0.05) is 43.3 Å². The maximum Gasteiger partial charge on any atom is 0.252 e. The minimum Gasteiger partial charge on any atom is -0.377 e. The number of amides is 2. The van der Waals surface area contributed by atoms with Crippen molar-refractivity contribution in [2.45, 2.75) is 55.9 Å². The number of carbonyl (C=O) groups excluding carboxylic acids is 2. The Morgan fingerprint density at radius 1 is 1.22 bits per heavy atom. The summed E-state index contributed by atoms with van der Waals surface area (Å²) in [5, 5.41) is 3.02. The van der Waals surface area contributed by atoms with Gasteiger partial charge in [0.15, 0.2) is 0 Å². The second-order valence-corrected chi connectivity index (χ2v) is 8.30. The standard InChI is InChI=1S/C21H30N2O3S/c24-20-11-2-1-5-13-23(20)14-7-12-22-21(25)18-9-3-4-10-19(18)27-16-17-8-6-15-26-17/h3-4,9-10,17H,1-2,5-8,11-16H2,(H,22,25). The number of rotatable bonds is 8. The molecule has 1 atom stereocenters. The average molecular weight is 391 g/mol. The maximum atomic E-state index is 12.6. The number of nitrogens with one attached hydrogen (secondary N) is 1. The number of ether oxygens (including phenoxy) is 1. The quantitative estimate of drug-likeness (QED) is 0.545. The van der Waals surface area contributed by atoms with Gasteiger partial charge in [-0.15, -0.1) is 11.8 Å². The highest BCUT2D eigenvalue weighted by molar-refractivity contribution is 7.99. The van der Waals surface area contributed by atoms with Gasteiger partial charge in [-0.05, 0) is 44.2 Å². The molecular weight excluding hydrogens is 360 g/mol. The van der Waals surface area contributed by atoms with Crippen LogP contribution in [0, 0.1) is 0 Å². The van der Waals surface area contributed by atoms with Crippen LogP contribution in [-0.4, -0.2) is 54.8 Å². The highest BCUT2D eigenvalue weighted by Crippen LogP contribution is 2.26. The molecule has 0 aliphatic carbocycles. The van der Waals surface area contributed by atoms with Crippen molar-refractivity contribution in [3.63, 3.8) is 0 Å². The molecule has 2 fully saturated rings. The minimum absolute atomic E-state index is 0.0346. The number of hydrogen-bond acceptors (Lipinski definition) is 4. The molecule has 1 aromatic rings. The largest absolute Gasteiger partial charge is 0.377 e. The highest BCUT2D eigenvalue weighted by atomic mass is 32.2. The minimum atomic E-state index is -0.0346. The molecule has 6 heteroatoms. The molecule has 148 valence electrons. The van der Waals surface area contributed by atoms with Gasteiger partial charge in [-0.25, -0.2) is 0 Å². The van der Waals surface area contributed by atoms with E-state index < -0.39 is 0 Å². The zero-order valence-electron chi connectivity index (χ0n) is 16.0. The monoisotopic (exact) mass is 390 g/mol. The van der Waals surface area contributed by atoms with Gasteiger partial charge in [-0.3, -0.25) is 9.59 Å². The van der Waals surface area contributed by atoms with E-state index in [1.807, 2.05) is 29.2 Å². The Balaban J connectivity index is 1.44. The third-order valence-corrected chi connectivity index (χ3v) is 6.35. The lowest BCUT2D eigenvalue weighted by molar-refractivity contribution is -0.130. The van der Waals surface area contributed by atoms with E-state index in [-0.39, 0.29) is 11.8 Å². The second kappa shape index (κ2) is 10.7. The van der Waals surface area contributed by atoms with E-state index in [1.54, 1.807) is 11.8 Å². The first-order valence-corrected chi connectivity index (χ1v) is 11.1. The summed E-state index contributed by atoms with van der Waals surface area (Å²) in [7, 11) is 0. The normalized spacial score (nSPS) is 20.5. The first-order valence-electron chi connectivity index (χ1n) is 10.1. The third-order valence-electron chi connectivity index (χ3n) is 5.14. The van der Waals surface area contributed by atoms with Crippen LogP contribution in [0.5, 0.6) is 0 Å². The highest BCUT2D eigenvalue weighted by Gasteiger charge is 2.18. The van der Waals surface area contributed by atoms with E-state index in [0.29, 0.717) is 19.1 Å². The van der Waals surface area contributed by atoms with Crippen molar-refractivity contribution in [1.82, 2.24) is 10.2 Å². The Bertz CT molecular complexity index is 632. The van der Waals surface area contributed by atoms with Crippen molar-refractivity contribution in [2.75, 3.05) is 32.0 Å². The molecule has 27 heavy (non-hydrogen) atoms. The van der Waals surface area contributed by atoms with Crippen molar-refractivity contribution in [3.05, 3.63) is 29.8 Å². The summed E-state index contributed by atoms with van der Waals surface area (Å²) < 4.78 is 5.68. The fourth-order valence-corrected chi connectivity index (χ4v) is 4.70. The van der Waals surface area contributed by atoms with Gasteiger partial charge in [0.1, 0.15) is 0 Å². The predicted molar refractivity (Wildman–Crippen MR) is 108 cm³/mol. The van der Waals surface area contributed by atoms with Crippen LogP contribution in [0.3, 0.4) is 0 Å². The van der Waals surface area contributed by atoms with Crippen LogP contribution < -0.4 is 5.32 Å². The van der Waals surface area contributed by atoms with Gasteiger partial charge in [0.05, 0.1) is 11.7 Å². The van der Waals surface area contributed by atoms with Gasteiger partial charge in [0.25, 0.3) is 5.91 Å². The smallest absolute Gasteiger partial charge is 0.252 e. The van der Waals surface area contributed by atoms with Gasteiger partial charge in [-0.2, -0.15) is 0 Å². The lowest BCUT2D eigenvalue weighted by Crippen LogP contribution is -2.34. The van der Waals surface area contributed by atoms with Gasteiger partial charge in [-0.1, -0.05) is 18.6 Å². The van der Waals surface area contributed by atoms with Crippen LogP contribution in [0.2, 0.25) is 0 Å². The summed E-state index contributed by atoms with van der Waals surface area (Å²) in [6.45, 7) is 3.03. The van der Waals surface area contributed by atoms with E-state index in [2.05, 4.69) is 5.32 Å². The van der Waals surface area contributed by atoms with E-state index in [1.165, 1.54) is 0 Å². The molecule has 5 nitrogen and oxygen atoms in total. The Hall–Kier alpha value is -1.53. The first kappa shape index (κ1) is 20.2. The fraction of sp³-hybridized carbons (Fsp3) is 0.619. The number of likely N-dealkylation sites (tertiary alicyclic amines) is 1. The molecule has 3 rings (SSSR count). The molecule has 0 saturated carbocycles. The zero-order valence-corrected chi connectivity index (χ0v) is 16.8. The number of carbonyl (C=O) groups is 2. The van der Waals surface area contributed by atoms with Crippen molar-refractivity contribution in [1.29, 1.82) is 0 Å². The number of thioether (sulfide) groups is 1. The van der Waals surface area contributed by atoms with Gasteiger partial charge < -0.3 is 15.0 Å². The van der Waals surface area contributed by atoms with Crippen LogP contribution in [0.4, 0.5) is 0 Å². The van der Waals surface area contributed by atoms with Crippen LogP contribution in [-0.2, 0) is 9.53 Å². The third kappa shape index (κ3) is 6.25.